The van der Waals surface area contributed by atoms with Gasteiger partial charge in [0.05, 0.1) is 0 Å². The molecule has 1 aromatic rings. The molecule has 1 saturated heterocycles. The third kappa shape index (κ3) is 3.07. The van der Waals surface area contributed by atoms with Crippen molar-refractivity contribution in [2.24, 2.45) is 11.8 Å². The fourth-order valence-corrected chi connectivity index (χ4v) is 5.16. The molecule has 2 atom stereocenters. The molecule has 3 heterocycles. The Bertz CT molecular complexity index is 743. The lowest BCUT2D eigenvalue weighted by atomic mass is 9.80. The van der Waals surface area contributed by atoms with E-state index in [4.69, 9.17) is 0 Å². The molecule has 4 nitrogen and oxygen atoms in total. The minimum atomic E-state index is 0.102. The van der Waals surface area contributed by atoms with Crippen molar-refractivity contribution in [3.05, 3.63) is 39.8 Å². The summed E-state index contributed by atoms with van der Waals surface area (Å²) in [5, 5.41) is 0. The number of hydrogen-bond donors (Lipinski definition) is 0. The van der Waals surface area contributed by atoms with E-state index in [1.54, 1.807) is 6.07 Å². The minimum absolute atomic E-state index is 0.102. The number of pyridine rings is 1. The molecule has 2 fully saturated rings. The van der Waals surface area contributed by atoms with Crippen molar-refractivity contribution in [1.29, 1.82) is 0 Å². The second kappa shape index (κ2) is 6.81. The maximum atomic E-state index is 13.0. The number of carbonyl (C=O) groups excluding carboxylic acids is 1. The van der Waals surface area contributed by atoms with Gasteiger partial charge in [-0.15, -0.1) is 0 Å². The zero-order valence-electron chi connectivity index (χ0n) is 15.1. The van der Waals surface area contributed by atoms with Crippen LogP contribution in [0, 0.1) is 11.8 Å². The molecule has 1 saturated carbocycles. The number of allylic oxidation sites excluding steroid dienone is 1. The normalized spacial score (nSPS) is 26.7. The van der Waals surface area contributed by atoms with Gasteiger partial charge in [-0.3, -0.25) is 9.59 Å². The molecule has 0 radical (unpaired) electrons. The highest BCUT2D eigenvalue weighted by molar-refractivity contribution is 5.79. The van der Waals surface area contributed by atoms with E-state index in [-0.39, 0.29) is 11.5 Å². The van der Waals surface area contributed by atoms with E-state index in [1.165, 1.54) is 19.3 Å². The summed E-state index contributed by atoms with van der Waals surface area (Å²) in [7, 11) is 0. The topological polar surface area (TPSA) is 42.3 Å². The van der Waals surface area contributed by atoms with Crippen LogP contribution in [0.5, 0.6) is 0 Å². The molecule has 4 heteroatoms. The van der Waals surface area contributed by atoms with Crippen molar-refractivity contribution in [3.63, 3.8) is 0 Å². The van der Waals surface area contributed by atoms with Crippen LogP contribution in [0.15, 0.2) is 23.0 Å². The molecule has 0 N–H and O–H groups in total. The first-order chi connectivity index (χ1) is 12.2. The van der Waals surface area contributed by atoms with Gasteiger partial charge < -0.3 is 9.47 Å². The second-order valence-corrected chi connectivity index (χ2v) is 8.00. The van der Waals surface area contributed by atoms with Crippen LogP contribution in [-0.4, -0.2) is 28.5 Å². The van der Waals surface area contributed by atoms with Crippen LogP contribution < -0.4 is 5.56 Å². The highest BCUT2D eigenvalue weighted by Crippen LogP contribution is 2.38. The monoisotopic (exact) mass is 340 g/mol. The summed E-state index contributed by atoms with van der Waals surface area (Å²) in [5.41, 5.74) is 2.38. The number of hydrogen-bond acceptors (Lipinski definition) is 2. The number of amides is 1. The quantitative estimate of drug-likeness (QED) is 0.828. The smallest absolute Gasteiger partial charge is 0.250 e. The molecule has 1 aromatic heterocycles. The number of carbonyl (C=O) groups is 1. The Hall–Kier alpha value is -1.84. The lowest BCUT2D eigenvalue weighted by Crippen LogP contribution is -2.51. The Morgan fingerprint density at radius 2 is 1.92 bits per heavy atom. The zero-order valence-corrected chi connectivity index (χ0v) is 15.1. The van der Waals surface area contributed by atoms with Gasteiger partial charge in [-0.25, -0.2) is 0 Å². The van der Waals surface area contributed by atoms with Crippen LogP contribution in [0.2, 0.25) is 0 Å². The summed E-state index contributed by atoms with van der Waals surface area (Å²) in [6, 6.07) is 3.63. The van der Waals surface area contributed by atoms with Gasteiger partial charge in [0.1, 0.15) is 0 Å². The molecule has 2 bridgehead atoms. The zero-order chi connectivity index (χ0) is 17.4. The fourth-order valence-electron chi connectivity index (χ4n) is 5.16. The van der Waals surface area contributed by atoms with E-state index in [1.807, 2.05) is 23.6 Å². The van der Waals surface area contributed by atoms with Gasteiger partial charge in [0, 0.05) is 43.2 Å². The largest absolute Gasteiger partial charge is 0.341 e. The lowest BCUT2D eigenvalue weighted by molar-refractivity contribution is -0.139. The van der Waals surface area contributed by atoms with Gasteiger partial charge >= 0.3 is 0 Å². The number of piperidine rings is 1. The third-order valence-electron chi connectivity index (χ3n) is 6.24. The molecule has 25 heavy (non-hydrogen) atoms. The summed E-state index contributed by atoms with van der Waals surface area (Å²) in [6.07, 6.45) is 11.0. The van der Waals surface area contributed by atoms with E-state index in [0.717, 1.165) is 50.2 Å². The predicted molar refractivity (Wildman–Crippen MR) is 99.4 cm³/mol. The van der Waals surface area contributed by atoms with Crippen LogP contribution in [0.3, 0.4) is 0 Å². The third-order valence-corrected chi connectivity index (χ3v) is 6.24. The van der Waals surface area contributed by atoms with E-state index < -0.39 is 0 Å². The average molecular weight is 340 g/mol. The van der Waals surface area contributed by atoms with Crippen molar-refractivity contribution in [2.75, 3.05) is 13.1 Å². The molecule has 134 valence electrons. The van der Waals surface area contributed by atoms with Gasteiger partial charge in [-0.2, -0.15) is 0 Å². The summed E-state index contributed by atoms with van der Waals surface area (Å²) in [6.45, 7) is 4.36. The highest BCUT2D eigenvalue weighted by atomic mass is 16.2. The van der Waals surface area contributed by atoms with Crippen molar-refractivity contribution in [1.82, 2.24) is 9.47 Å². The number of likely N-dealkylation sites (tertiary alicyclic amines) is 1. The van der Waals surface area contributed by atoms with Gasteiger partial charge in [-0.1, -0.05) is 31.4 Å². The predicted octanol–water partition coefficient (Wildman–Crippen LogP) is 3.41. The van der Waals surface area contributed by atoms with Crippen molar-refractivity contribution < 1.29 is 4.79 Å². The minimum Gasteiger partial charge on any atom is -0.341 e. The summed E-state index contributed by atoms with van der Waals surface area (Å²) in [4.78, 5) is 27.5. The molecule has 4 rings (SSSR count). The van der Waals surface area contributed by atoms with E-state index >= 15 is 0 Å². The molecular weight excluding hydrogens is 312 g/mol. The SMILES string of the molecule is CC=Cc1ccc(=O)n2c1C1CC(CN(C(=O)C3CCCCC3)C1)C2. The van der Waals surface area contributed by atoms with Crippen LogP contribution in [0.25, 0.3) is 6.08 Å². The maximum absolute atomic E-state index is 13.0. The van der Waals surface area contributed by atoms with Crippen molar-refractivity contribution in [2.45, 2.75) is 57.9 Å². The second-order valence-electron chi connectivity index (χ2n) is 8.00. The standard InChI is InChI=1S/C21H28N2O2/c1-2-6-16-9-10-19(24)23-13-15-11-18(20(16)23)14-22(12-15)21(25)17-7-4-3-5-8-17/h2,6,9-10,15,17-18H,3-5,7-8,11-14H2,1H3. The highest BCUT2D eigenvalue weighted by Gasteiger charge is 2.38. The maximum Gasteiger partial charge on any atom is 0.250 e. The van der Waals surface area contributed by atoms with Gasteiger partial charge in [-0.05, 0) is 43.7 Å². The fraction of sp³-hybridized carbons (Fsp3) is 0.619. The first-order valence-corrected chi connectivity index (χ1v) is 9.82. The number of aromatic nitrogens is 1. The Labute approximate surface area is 149 Å². The first kappa shape index (κ1) is 16.6. The van der Waals surface area contributed by atoms with Gasteiger partial charge in [0.2, 0.25) is 5.91 Å². The molecule has 2 aliphatic heterocycles. The molecule has 1 amide bonds. The number of nitrogens with zero attached hydrogens (tertiary/aromatic N) is 2. The molecule has 3 aliphatic rings. The molecule has 0 aromatic carbocycles. The van der Waals surface area contributed by atoms with Crippen LogP contribution in [0.1, 0.15) is 62.6 Å². The average Bonchev–Trinajstić information content (AvgIpc) is 2.64. The summed E-state index contributed by atoms with van der Waals surface area (Å²) < 4.78 is 1.97. The Morgan fingerprint density at radius 3 is 2.68 bits per heavy atom. The van der Waals surface area contributed by atoms with Gasteiger partial charge in [0.15, 0.2) is 0 Å². The Balaban J connectivity index is 1.62. The van der Waals surface area contributed by atoms with Crippen molar-refractivity contribution in [3.8, 4) is 0 Å². The molecule has 1 aliphatic carbocycles. The Morgan fingerprint density at radius 1 is 1.12 bits per heavy atom. The van der Waals surface area contributed by atoms with E-state index in [2.05, 4.69) is 11.0 Å². The number of fused-ring (bicyclic) bond motifs is 4. The van der Waals surface area contributed by atoms with Crippen LogP contribution in [-0.2, 0) is 11.3 Å². The molecule has 2 unspecified atom stereocenters. The molecular formula is C21H28N2O2. The summed E-state index contributed by atoms with van der Waals surface area (Å²) >= 11 is 0. The van der Waals surface area contributed by atoms with Gasteiger partial charge in [0.25, 0.3) is 5.56 Å². The number of rotatable bonds is 2. The lowest BCUT2D eigenvalue weighted by Gasteiger charge is -2.44. The first-order valence-electron chi connectivity index (χ1n) is 9.82. The van der Waals surface area contributed by atoms with E-state index in [0.29, 0.717) is 17.7 Å². The molecule has 0 spiro atoms. The Kier molecular flexibility index (Phi) is 4.53. The van der Waals surface area contributed by atoms with Crippen molar-refractivity contribution >= 4 is 12.0 Å². The van der Waals surface area contributed by atoms with Crippen LogP contribution in [0.4, 0.5) is 0 Å². The van der Waals surface area contributed by atoms with Crippen LogP contribution >= 0.6 is 0 Å². The van der Waals surface area contributed by atoms with E-state index in [9.17, 15) is 9.59 Å². The summed E-state index contributed by atoms with van der Waals surface area (Å²) in [5.74, 6) is 1.31.